The molecule has 1 atom stereocenters. The van der Waals surface area contributed by atoms with E-state index in [1.54, 1.807) is 20.3 Å². The zero-order valence-electron chi connectivity index (χ0n) is 15.7. The van der Waals surface area contributed by atoms with E-state index < -0.39 is 11.4 Å². The second-order valence-electron chi connectivity index (χ2n) is 6.17. The molecule has 0 saturated heterocycles. The molecule has 0 saturated carbocycles. The molecule has 0 aromatic heterocycles. The summed E-state index contributed by atoms with van der Waals surface area (Å²) in [4.78, 5) is 23.7. The fourth-order valence-corrected chi connectivity index (χ4v) is 3.02. The van der Waals surface area contributed by atoms with Gasteiger partial charge < -0.3 is 19.9 Å². The molecule has 0 aliphatic heterocycles. The highest BCUT2D eigenvalue weighted by atomic mass is 16.5. The number of nitrogens with one attached hydrogen (secondary N) is 1. The van der Waals surface area contributed by atoms with Crippen molar-refractivity contribution in [1.82, 2.24) is 5.32 Å². The van der Waals surface area contributed by atoms with Crippen molar-refractivity contribution in [1.29, 1.82) is 0 Å². The Balaban J connectivity index is 3.10. The summed E-state index contributed by atoms with van der Waals surface area (Å²) < 4.78 is 10.6. The number of carbonyl (C=O) groups excluding carboxylic acids is 1. The molecule has 0 aliphatic rings. The standard InChI is InChI=1S/C19H29NO5/c1-6-19(7-2,18(23)20-13(3)8-11-17(21)22)14-9-10-15(24-4)16(12-14)25-5/h9-10,12-13H,6-8,11H2,1-5H3,(H,20,23)(H,21,22). The van der Waals surface area contributed by atoms with E-state index in [0.717, 1.165) is 5.56 Å². The Morgan fingerprint density at radius 1 is 1.16 bits per heavy atom. The molecule has 2 N–H and O–H groups in total. The van der Waals surface area contributed by atoms with Gasteiger partial charge in [0.25, 0.3) is 0 Å². The lowest BCUT2D eigenvalue weighted by Gasteiger charge is -2.32. The average molecular weight is 351 g/mol. The lowest BCUT2D eigenvalue weighted by atomic mass is 9.74. The van der Waals surface area contributed by atoms with Crippen LogP contribution in [0.2, 0.25) is 0 Å². The summed E-state index contributed by atoms with van der Waals surface area (Å²) in [5.74, 6) is 0.237. The predicted molar refractivity (Wildman–Crippen MR) is 96.3 cm³/mol. The number of rotatable bonds is 10. The molecule has 0 spiro atoms. The topological polar surface area (TPSA) is 84.9 Å². The first-order chi connectivity index (χ1) is 11.8. The molecule has 0 heterocycles. The van der Waals surface area contributed by atoms with Crippen molar-refractivity contribution in [2.24, 2.45) is 0 Å². The van der Waals surface area contributed by atoms with Gasteiger partial charge in [0.05, 0.1) is 19.6 Å². The number of aliphatic carboxylic acids is 1. The molecule has 0 fully saturated rings. The maximum atomic E-state index is 13.0. The van der Waals surface area contributed by atoms with Crippen molar-refractivity contribution < 1.29 is 24.2 Å². The summed E-state index contributed by atoms with van der Waals surface area (Å²) in [6, 6.07) is 5.32. The second kappa shape index (κ2) is 9.30. The second-order valence-corrected chi connectivity index (χ2v) is 6.17. The zero-order valence-corrected chi connectivity index (χ0v) is 15.7. The number of hydrogen-bond acceptors (Lipinski definition) is 4. The first kappa shape index (κ1) is 20.8. The molecule has 1 aromatic carbocycles. The molecule has 1 aromatic rings. The van der Waals surface area contributed by atoms with E-state index in [2.05, 4.69) is 5.32 Å². The number of ether oxygens (including phenoxy) is 2. The van der Waals surface area contributed by atoms with E-state index >= 15 is 0 Å². The van der Waals surface area contributed by atoms with Gasteiger partial charge in [0, 0.05) is 12.5 Å². The van der Waals surface area contributed by atoms with Crippen LogP contribution in [-0.2, 0) is 15.0 Å². The largest absolute Gasteiger partial charge is 0.493 e. The van der Waals surface area contributed by atoms with Gasteiger partial charge in [-0.15, -0.1) is 0 Å². The number of hydrogen-bond donors (Lipinski definition) is 2. The highest BCUT2D eigenvalue weighted by Crippen LogP contribution is 2.37. The molecule has 0 radical (unpaired) electrons. The SMILES string of the molecule is CCC(CC)(C(=O)NC(C)CCC(=O)O)c1ccc(OC)c(OC)c1. The molecular formula is C19H29NO5. The van der Waals surface area contributed by atoms with Crippen LogP contribution in [0, 0.1) is 0 Å². The number of carboxylic acids is 1. The third-order valence-corrected chi connectivity index (χ3v) is 4.75. The van der Waals surface area contributed by atoms with Gasteiger partial charge in [0.15, 0.2) is 11.5 Å². The van der Waals surface area contributed by atoms with E-state index in [0.29, 0.717) is 30.8 Å². The van der Waals surface area contributed by atoms with E-state index in [9.17, 15) is 9.59 Å². The van der Waals surface area contributed by atoms with E-state index in [-0.39, 0.29) is 18.4 Å². The van der Waals surface area contributed by atoms with Crippen molar-refractivity contribution in [3.8, 4) is 11.5 Å². The van der Waals surface area contributed by atoms with Gasteiger partial charge in [0.2, 0.25) is 5.91 Å². The van der Waals surface area contributed by atoms with Crippen LogP contribution in [-0.4, -0.2) is 37.2 Å². The van der Waals surface area contributed by atoms with Gasteiger partial charge in [-0.1, -0.05) is 19.9 Å². The quantitative estimate of drug-likeness (QED) is 0.676. The number of benzene rings is 1. The molecule has 6 nitrogen and oxygen atoms in total. The molecule has 1 rings (SSSR count). The number of carboxylic acid groups (broad SMARTS) is 1. The highest BCUT2D eigenvalue weighted by Gasteiger charge is 2.37. The number of methoxy groups -OCH3 is 2. The van der Waals surface area contributed by atoms with Crippen LogP contribution < -0.4 is 14.8 Å². The molecule has 25 heavy (non-hydrogen) atoms. The van der Waals surface area contributed by atoms with Crippen LogP contribution in [0.4, 0.5) is 0 Å². The predicted octanol–water partition coefficient (Wildman–Crippen LogP) is 3.13. The van der Waals surface area contributed by atoms with Crippen LogP contribution in [0.25, 0.3) is 0 Å². The fraction of sp³-hybridized carbons (Fsp3) is 0.579. The van der Waals surface area contributed by atoms with Crippen molar-refractivity contribution >= 4 is 11.9 Å². The van der Waals surface area contributed by atoms with Crippen molar-refractivity contribution in [2.45, 2.75) is 57.9 Å². The smallest absolute Gasteiger partial charge is 0.303 e. The first-order valence-electron chi connectivity index (χ1n) is 8.59. The lowest BCUT2D eigenvalue weighted by molar-refractivity contribution is -0.137. The minimum Gasteiger partial charge on any atom is -0.493 e. The van der Waals surface area contributed by atoms with E-state index in [1.165, 1.54) is 0 Å². The number of amides is 1. The number of carbonyl (C=O) groups is 2. The molecule has 140 valence electrons. The Hall–Kier alpha value is -2.24. The summed E-state index contributed by atoms with van der Waals surface area (Å²) in [5.41, 5.74) is 0.162. The van der Waals surface area contributed by atoms with Crippen LogP contribution >= 0.6 is 0 Å². The van der Waals surface area contributed by atoms with Gasteiger partial charge in [-0.05, 0) is 43.9 Å². The molecule has 0 aliphatic carbocycles. The Morgan fingerprint density at radius 2 is 1.76 bits per heavy atom. The summed E-state index contributed by atoms with van der Waals surface area (Å²) in [5, 5.41) is 11.8. The first-order valence-corrected chi connectivity index (χ1v) is 8.59. The monoisotopic (exact) mass is 351 g/mol. The molecule has 1 amide bonds. The maximum absolute atomic E-state index is 13.0. The maximum Gasteiger partial charge on any atom is 0.303 e. The van der Waals surface area contributed by atoms with Gasteiger partial charge in [-0.25, -0.2) is 0 Å². The van der Waals surface area contributed by atoms with Gasteiger partial charge in [-0.2, -0.15) is 0 Å². The van der Waals surface area contributed by atoms with Crippen molar-refractivity contribution in [3.63, 3.8) is 0 Å². The van der Waals surface area contributed by atoms with Gasteiger partial charge in [0.1, 0.15) is 0 Å². The highest BCUT2D eigenvalue weighted by molar-refractivity contribution is 5.88. The Morgan fingerprint density at radius 3 is 2.24 bits per heavy atom. The Kier molecular flexibility index (Phi) is 7.74. The molecule has 6 heteroatoms. The van der Waals surface area contributed by atoms with Crippen LogP contribution in [0.1, 0.15) is 52.0 Å². The van der Waals surface area contributed by atoms with Gasteiger partial charge in [-0.3, -0.25) is 9.59 Å². The third-order valence-electron chi connectivity index (χ3n) is 4.75. The normalized spacial score (nSPS) is 12.4. The van der Waals surface area contributed by atoms with Crippen LogP contribution in [0.15, 0.2) is 18.2 Å². The minimum atomic E-state index is -0.863. The van der Waals surface area contributed by atoms with Crippen LogP contribution in [0.3, 0.4) is 0 Å². The minimum absolute atomic E-state index is 0.0308. The van der Waals surface area contributed by atoms with E-state index in [4.69, 9.17) is 14.6 Å². The lowest BCUT2D eigenvalue weighted by Crippen LogP contribution is -2.47. The third kappa shape index (κ3) is 4.87. The van der Waals surface area contributed by atoms with Crippen molar-refractivity contribution in [3.05, 3.63) is 23.8 Å². The average Bonchev–Trinajstić information content (AvgIpc) is 2.61. The van der Waals surface area contributed by atoms with E-state index in [1.807, 2.05) is 32.9 Å². The van der Waals surface area contributed by atoms with Crippen molar-refractivity contribution in [2.75, 3.05) is 14.2 Å². The molecule has 0 bridgehead atoms. The summed E-state index contributed by atoms with van der Waals surface area (Å²) >= 11 is 0. The molecular weight excluding hydrogens is 322 g/mol. The Bertz CT molecular complexity index is 595. The zero-order chi connectivity index (χ0) is 19.0. The summed E-state index contributed by atoms with van der Waals surface area (Å²) in [6.07, 6.45) is 1.67. The Labute approximate surface area is 149 Å². The fourth-order valence-electron chi connectivity index (χ4n) is 3.02. The summed E-state index contributed by atoms with van der Waals surface area (Å²) in [7, 11) is 3.14. The summed E-state index contributed by atoms with van der Waals surface area (Å²) in [6.45, 7) is 5.77. The van der Waals surface area contributed by atoms with Crippen LogP contribution in [0.5, 0.6) is 11.5 Å². The molecule has 1 unspecified atom stereocenters. The van der Waals surface area contributed by atoms with Gasteiger partial charge >= 0.3 is 5.97 Å².